The molecule has 30 heavy (non-hydrogen) atoms. The first-order valence-corrected chi connectivity index (χ1v) is 11.6. The van der Waals surface area contributed by atoms with Crippen molar-refractivity contribution >= 4 is 34.7 Å². The van der Waals surface area contributed by atoms with Gasteiger partial charge in [-0.1, -0.05) is 23.9 Å². The predicted octanol–water partition coefficient (Wildman–Crippen LogP) is 2.99. The second-order valence-electron chi connectivity index (χ2n) is 6.92. The average Bonchev–Trinajstić information content (AvgIpc) is 3.37. The number of aromatic nitrogens is 3. The molecule has 0 aliphatic carbocycles. The molecule has 1 aromatic carbocycles. The number of anilines is 1. The number of rotatable bonds is 8. The Labute approximate surface area is 183 Å². The van der Waals surface area contributed by atoms with Crippen LogP contribution in [0.2, 0.25) is 0 Å². The van der Waals surface area contributed by atoms with E-state index in [0.29, 0.717) is 17.5 Å². The van der Waals surface area contributed by atoms with Crippen molar-refractivity contribution in [2.24, 2.45) is 0 Å². The van der Waals surface area contributed by atoms with Crippen LogP contribution in [0.5, 0.6) is 0 Å². The number of thiazole rings is 1. The fourth-order valence-electron chi connectivity index (χ4n) is 3.05. The number of carbonyl (C=O) groups is 1. The summed E-state index contributed by atoms with van der Waals surface area (Å²) in [5.74, 6) is 0.585. The summed E-state index contributed by atoms with van der Waals surface area (Å²) in [6.07, 6.45) is 0.501. The van der Waals surface area contributed by atoms with Gasteiger partial charge in [0.2, 0.25) is 11.8 Å². The highest BCUT2D eigenvalue weighted by Gasteiger charge is 2.13. The Balaban J connectivity index is 1.22. The zero-order valence-corrected chi connectivity index (χ0v) is 18.3. The third-order valence-corrected chi connectivity index (χ3v) is 6.16. The van der Waals surface area contributed by atoms with Crippen LogP contribution < -0.4 is 5.32 Å². The Hall–Kier alpha value is -2.27. The maximum atomic E-state index is 12.2. The van der Waals surface area contributed by atoms with Gasteiger partial charge in [-0.25, -0.2) is 4.98 Å². The number of hydrogen-bond donors (Lipinski definition) is 1. The standard InChI is InChI=1S/C20H23N5O3S2/c1-14-21-17(12-29-14)10-19-23-24-20(28-19)30-13-18(26)22-16-4-2-15(3-5-16)11-25-6-8-27-9-7-25/h2-5,12H,6-11,13H2,1H3,(H,22,26). The summed E-state index contributed by atoms with van der Waals surface area (Å²) in [4.78, 5) is 19.0. The molecule has 3 aromatic rings. The number of morpholine rings is 1. The summed E-state index contributed by atoms with van der Waals surface area (Å²) < 4.78 is 11.0. The second kappa shape index (κ2) is 10.2. The lowest BCUT2D eigenvalue weighted by Gasteiger charge is -2.26. The normalized spacial score (nSPS) is 14.7. The summed E-state index contributed by atoms with van der Waals surface area (Å²) in [6.45, 7) is 6.34. The number of aryl methyl sites for hydroxylation is 1. The van der Waals surface area contributed by atoms with Crippen LogP contribution in [0.3, 0.4) is 0 Å². The monoisotopic (exact) mass is 445 g/mol. The first kappa shape index (κ1) is 21.0. The van der Waals surface area contributed by atoms with E-state index in [-0.39, 0.29) is 11.7 Å². The van der Waals surface area contributed by atoms with E-state index in [9.17, 15) is 4.79 Å². The highest BCUT2D eigenvalue weighted by atomic mass is 32.2. The maximum absolute atomic E-state index is 12.2. The second-order valence-corrected chi connectivity index (χ2v) is 8.91. The van der Waals surface area contributed by atoms with E-state index < -0.39 is 0 Å². The quantitative estimate of drug-likeness (QED) is 0.529. The molecule has 1 aliphatic heterocycles. The van der Waals surface area contributed by atoms with E-state index in [1.54, 1.807) is 11.3 Å². The summed E-state index contributed by atoms with van der Waals surface area (Å²) in [5.41, 5.74) is 2.90. The van der Waals surface area contributed by atoms with Crippen LogP contribution in [-0.2, 0) is 22.5 Å². The highest BCUT2D eigenvalue weighted by molar-refractivity contribution is 7.99. The molecule has 3 heterocycles. The van der Waals surface area contributed by atoms with Gasteiger partial charge in [-0.05, 0) is 24.6 Å². The van der Waals surface area contributed by atoms with Gasteiger partial charge in [-0.3, -0.25) is 9.69 Å². The van der Waals surface area contributed by atoms with Crippen LogP contribution in [0.1, 0.15) is 22.2 Å². The molecule has 0 bridgehead atoms. The molecule has 10 heteroatoms. The van der Waals surface area contributed by atoms with E-state index in [4.69, 9.17) is 9.15 Å². The molecule has 158 valence electrons. The van der Waals surface area contributed by atoms with Gasteiger partial charge in [0.15, 0.2) is 0 Å². The predicted molar refractivity (Wildman–Crippen MR) is 116 cm³/mol. The molecule has 1 N–H and O–H groups in total. The summed E-state index contributed by atoms with van der Waals surface area (Å²) in [6, 6.07) is 7.95. The zero-order chi connectivity index (χ0) is 20.8. The number of carbonyl (C=O) groups excluding carboxylic acids is 1. The molecule has 2 aromatic heterocycles. The molecule has 1 fully saturated rings. The lowest BCUT2D eigenvalue weighted by atomic mass is 10.2. The topological polar surface area (TPSA) is 93.4 Å². The molecule has 0 radical (unpaired) electrons. The van der Waals surface area contributed by atoms with Gasteiger partial charge in [0.25, 0.3) is 5.22 Å². The van der Waals surface area contributed by atoms with Crippen molar-refractivity contribution in [3.8, 4) is 0 Å². The molecule has 8 nitrogen and oxygen atoms in total. The van der Waals surface area contributed by atoms with E-state index in [1.165, 1.54) is 17.3 Å². The highest BCUT2D eigenvalue weighted by Crippen LogP contribution is 2.19. The Morgan fingerprint density at radius 1 is 1.23 bits per heavy atom. The van der Waals surface area contributed by atoms with Gasteiger partial charge >= 0.3 is 0 Å². The van der Waals surface area contributed by atoms with Crippen molar-refractivity contribution in [2.45, 2.75) is 25.1 Å². The number of thioether (sulfide) groups is 1. The fraction of sp³-hybridized carbons (Fsp3) is 0.400. The van der Waals surface area contributed by atoms with Crippen molar-refractivity contribution in [1.29, 1.82) is 0 Å². The molecule has 0 unspecified atom stereocenters. The Kier molecular flexibility index (Phi) is 7.11. The zero-order valence-electron chi connectivity index (χ0n) is 16.7. The van der Waals surface area contributed by atoms with E-state index in [0.717, 1.165) is 49.2 Å². The fourth-order valence-corrected chi connectivity index (χ4v) is 4.24. The molecule has 1 saturated heterocycles. The molecule has 0 spiro atoms. The third kappa shape index (κ3) is 6.11. The summed E-state index contributed by atoms with van der Waals surface area (Å²) in [7, 11) is 0. The Morgan fingerprint density at radius 3 is 2.77 bits per heavy atom. The molecule has 4 rings (SSSR count). The van der Waals surface area contributed by atoms with Crippen molar-refractivity contribution in [2.75, 3.05) is 37.4 Å². The first-order valence-electron chi connectivity index (χ1n) is 9.69. The first-order chi connectivity index (χ1) is 14.6. The van der Waals surface area contributed by atoms with Gasteiger partial charge in [0.1, 0.15) is 0 Å². The number of benzene rings is 1. The molecule has 0 saturated carbocycles. The van der Waals surface area contributed by atoms with Gasteiger partial charge in [-0.15, -0.1) is 21.5 Å². The van der Waals surface area contributed by atoms with Crippen molar-refractivity contribution < 1.29 is 13.9 Å². The van der Waals surface area contributed by atoms with E-state index in [2.05, 4.69) is 25.4 Å². The van der Waals surface area contributed by atoms with Gasteiger partial charge in [-0.2, -0.15) is 0 Å². The van der Waals surface area contributed by atoms with Crippen LogP contribution >= 0.6 is 23.1 Å². The minimum Gasteiger partial charge on any atom is -0.416 e. The maximum Gasteiger partial charge on any atom is 0.277 e. The van der Waals surface area contributed by atoms with Crippen molar-refractivity contribution in [3.05, 3.63) is 51.8 Å². The van der Waals surface area contributed by atoms with Crippen molar-refractivity contribution in [3.63, 3.8) is 0 Å². The molecule has 0 atom stereocenters. The van der Waals surface area contributed by atoms with Crippen LogP contribution in [0.25, 0.3) is 0 Å². The molecular weight excluding hydrogens is 422 g/mol. The van der Waals surface area contributed by atoms with Crippen LogP contribution in [0.4, 0.5) is 5.69 Å². The third-order valence-electron chi connectivity index (χ3n) is 4.52. The van der Waals surface area contributed by atoms with Crippen LogP contribution in [-0.4, -0.2) is 58.0 Å². The lowest BCUT2D eigenvalue weighted by molar-refractivity contribution is -0.113. The smallest absolute Gasteiger partial charge is 0.277 e. The minimum atomic E-state index is -0.115. The SMILES string of the molecule is Cc1nc(Cc2nnc(SCC(=O)Nc3ccc(CN4CCOCC4)cc3)o2)cs1. The largest absolute Gasteiger partial charge is 0.416 e. The van der Waals surface area contributed by atoms with Gasteiger partial charge in [0, 0.05) is 30.7 Å². The van der Waals surface area contributed by atoms with Crippen LogP contribution in [0, 0.1) is 6.92 Å². The number of nitrogens with zero attached hydrogens (tertiary/aromatic N) is 4. The van der Waals surface area contributed by atoms with Gasteiger partial charge < -0.3 is 14.5 Å². The van der Waals surface area contributed by atoms with E-state index in [1.807, 2.05) is 36.6 Å². The Morgan fingerprint density at radius 2 is 2.03 bits per heavy atom. The van der Waals surface area contributed by atoms with E-state index >= 15 is 0 Å². The van der Waals surface area contributed by atoms with Gasteiger partial charge in [0.05, 0.1) is 36.1 Å². The summed E-state index contributed by atoms with van der Waals surface area (Å²) >= 11 is 2.81. The molecular formula is C20H23N5O3S2. The summed E-state index contributed by atoms with van der Waals surface area (Å²) in [5, 5.41) is 14.3. The number of ether oxygens (including phenoxy) is 1. The number of hydrogen-bond acceptors (Lipinski definition) is 9. The Bertz CT molecular complexity index is 967. The minimum absolute atomic E-state index is 0.115. The van der Waals surface area contributed by atoms with Crippen LogP contribution in [0.15, 0.2) is 39.3 Å². The average molecular weight is 446 g/mol. The lowest BCUT2D eigenvalue weighted by Crippen LogP contribution is -2.35. The number of amides is 1. The molecule has 1 amide bonds. The molecule has 1 aliphatic rings. The number of nitrogens with one attached hydrogen (secondary N) is 1. The van der Waals surface area contributed by atoms with Crippen molar-refractivity contribution in [1.82, 2.24) is 20.1 Å².